The van der Waals surface area contributed by atoms with Gasteiger partial charge in [-0.05, 0) is 74.2 Å². The number of benzene rings is 2. The molecule has 1 atom stereocenters. The average Bonchev–Trinajstić information content (AvgIpc) is 2.84. The Balaban J connectivity index is 2.13. The molecule has 0 fully saturated rings. The number of esters is 1. The maximum atomic E-state index is 13.1. The van der Waals surface area contributed by atoms with Crippen LogP contribution in [0.5, 0.6) is 11.5 Å². The molecule has 0 amide bonds. The Hall–Kier alpha value is -3.06. The van der Waals surface area contributed by atoms with E-state index in [2.05, 4.69) is 4.90 Å². The van der Waals surface area contributed by atoms with E-state index in [1.165, 1.54) is 7.11 Å². The van der Waals surface area contributed by atoms with Gasteiger partial charge in [-0.15, -0.1) is 0 Å². The van der Waals surface area contributed by atoms with Crippen LogP contribution in [0.3, 0.4) is 0 Å². The first kappa shape index (κ1) is 27.2. The molecular formula is C27H37NO6. The lowest BCUT2D eigenvalue weighted by Crippen LogP contribution is -2.42. The monoisotopic (exact) mass is 471 g/mol. The molecule has 1 unspecified atom stereocenters. The number of hydrogen-bond donors (Lipinski definition) is 1. The Morgan fingerprint density at radius 2 is 1.71 bits per heavy atom. The average molecular weight is 472 g/mol. The van der Waals surface area contributed by atoms with Crippen molar-refractivity contribution in [1.29, 1.82) is 0 Å². The molecule has 0 aliphatic rings. The quantitative estimate of drug-likeness (QED) is 0.433. The van der Waals surface area contributed by atoms with Gasteiger partial charge in [0.1, 0.15) is 0 Å². The second-order valence-electron chi connectivity index (χ2n) is 8.85. The Bertz CT molecular complexity index is 973. The molecule has 0 saturated heterocycles. The summed E-state index contributed by atoms with van der Waals surface area (Å²) in [6.07, 6.45) is 2.15. The summed E-state index contributed by atoms with van der Waals surface area (Å²) >= 11 is 0. The summed E-state index contributed by atoms with van der Waals surface area (Å²) in [5.41, 5.74) is 1.32. The molecule has 0 aliphatic carbocycles. The second kappa shape index (κ2) is 12.4. The summed E-state index contributed by atoms with van der Waals surface area (Å²) in [6, 6.07) is 12.6. The molecule has 2 aromatic rings. The molecule has 0 aromatic heterocycles. The number of carbonyl (C=O) groups is 2. The van der Waals surface area contributed by atoms with Crippen molar-refractivity contribution in [3.05, 3.63) is 59.2 Å². The lowest BCUT2D eigenvalue weighted by molar-refractivity contribution is -0.150. The Kier molecular flexibility index (Phi) is 9.93. The van der Waals surface area contributed by atoms with Crippen LogP contribution in [0, 0.1) is 5.92 Å². The van der Waals surface area contributed by atoms with Crippen LogP contribution < -0.4 is 9.47 Å². The number of nitrogens with zero attached hydrogens (tertiary/aromatic N) is 1. The first-order chi connectivity index (χ1) is 16.2. The van der Waals surface area contributed by atoms with Crippen molar-refractivity contribution in [1.82, 2.24) is 4.90 Å². The molecule has 7 heteroatoms. The Morgan fingerprint density at radius 1 is 1.00 bits per heavy atom. The second-order valence-corrected chi connectivity index (χ2v) is 8.85. The Labute approximate surface area is 202 Å². The molecule has 1 N–H and O–H groups in total. The van der Waals surface area contributed by atoms with E-state index in [0.717, 1.165) is 37.1 Å². The highest BCUT2D eigenvalue weighted by Crippen LogP contribution is 2.41. The minimum absolute atomic E-state index is 0.00196. The summed E-state index contributed by atoms with van der Waals surface area (Å²) in [5.74, 6) is 0.0123. The van der Waals surface area contributed by atoms with Gasteiger partial charge in [-0.25, -0.2) is 4.79 Å². The van der Waals surface area contributed by atoms with Crippen molar-refractivity contribution in [3.8, 4) is 11.5 Å². The molecule has 7 nitrogen and oxygen atoms in total. The molecule has 34 heavy (non-hydrogen) atoms. The zero-order chi connectivity index (χ0) is 25.3. The predicted octanol–water partition coefficient (Wildman–Crippen LogP) is 4.42. The Morgan fingerprint density at radius 3 is 2.29 bits per heavy atom. The van der Waals surface area contributed by atoms with E-state index in [9.17, 15) is 14.7 Å². The number of methoxy groups -OCH3 is 3. The van der Waals surface area contributed by atoms with Crippen molar-refractivity contribution >= 4 is 11.9 Å². The van der Waals surface area contributed by atoms with Gasteiger partial charge in [-0.2, -0.15) is 0 Å². The summed E-state index contributed by atoms with van der Waals surface area (Å²) in [6.45, 7) is 5.64. The van der Waals surface area contributed by atoms with E-state index in [-0.39, 0.29) is 11.9 Å². The van der Waals surface area contributed by atoms with Crippen molar-refractivity contribution in [2.75, 3.05) is 41.5 Å². The molecule has 0 spiro atoms. The zero-order valence-electron chi connectivity index (χ0n) is 21.1. The van der Waals surface area contributed by atoms with E-state index in [1.54, 1.807) is 32.4 Å². The van der Waals surface area contributed by atoms with Crippen molar-refractivity contribution in [2.45, 2.75) is 38.5 Å². The van der Waals surface area contributed by atoms with E-state index < -0.39 is 11.4 Å². The largest absolute Gasteiger partial charge is 0.493 e. The highest BCUT2D eigenvalue weighted by Gasteiger charge is 2.44. The summed E-state index contributed by atoms with van der Waals surface area (Å²) < 4.78 is 16.1. The van der Waals surface area contributed by atoms with E-state index >= 15 is 0 Å². The lowest BCUT2D eigenvalue weighted by atomic mass is 9.68. The molecule has 0 heterocycles. The van der Waals surface area contributed by atoms with Crippen LogP contribution in [0.25, 0.3) is 0 Å². The maximum Gasteiger partial charge on any atom is 0.335 e. The SMILES string of the molecule is COC(=O)C(CCCN(C)CCc1cccc(C(=O)O)c1)(c1ccc(OC)c(OC)c1)C(C)C. The zero-order valence-corrected chi connectivity index (χ0v) is 21.1. The fraction of sp³-hybridized carbons (Fsp3) is 0.481. The fourth-order valence-electron chi connectivity index (χ4n) is 4.44. The number of carboxylic acid groups (broad SMARTS) is 1. The van der Waals surface area contributed by atoms with Crippen LogP contribution in [0.15, 0.2) is 42.5 Å². The van der Waals surface area contributed by atoms with Gasteiger partial charge < -0.3 is 24.2 Å². The van der Waals surface area contributed by atoms with Crippen molar-refractivity contribution in [2.24, 2.45) is 5.92 Å². The highest BCUT2D eigenvalue weighted by atomic mass is 16.5. The van der Waals surface area contributed by atoms with Crippen LogP contribution in [-0.2, 0) is 21.4 Å². The van der Waals surface area contributed by atoms with E-state index in [1.807, 2.05) is 45.2 Å². The van der Waals surface area contributed by atoms with Crippen LogP contribution in [-0.4, -0.2) is 63.4 Å². The van der Waals surface area contributed by atoms with Crippen molar-refractivity contribution in [3.63, 3.8) is 0 Å². The number of likely N-dealkylation sites (N-methyl/N-ethyl adjacent to an activating group) is 1. The first-order valence-corrected chi connectivity index (χ1v) is 11.5. The van der Waals surface area contributed by atoms with Crippen LogP contribution in [0.4, 0.5) is 0 Å². The van der Waals surface area contributed by atoms with Gasteiger partial charge in [0, 0.05) is 6.54 Å². The van der Waals surface area contributed by atoms with Gasteiger partial charge in [0.25, 0.3) is 0 Å². The van der Waals surface area contributed by atoms with Gasteiger partial charge in [-0.1, -0.05) is 32.0 Å². The third kappa shape index (κ3) is 6.29. The van der Waals surface area contributed by atoms with Gasteiger partial charge >= 0.3 is 11.9 Å². The van der Waals surface area contributed by atoms with E-state index in [0.29, 0.717) is 23.5 Å². The topological polar surface area (TPSA) is 85.3 Å². The maximum absolute atomic E-state index is 13.1. The third-order valence-corrected chi connectivity index (χ3v) is 6.50. The number of carbonyl (C=O) groups excluding carboxylic acids is 1. The summed E-state index contributed by atoms with van der Waals surface area (Å²) in [5, 5.41) is 9.18. The molecule has 186 valence electrons. The number of carboxylic acids is 1. The van der Waals surface area contributed by atoms with Crippen molar-refractivity contribution < 1.29 is 28.9 Å². The van der Waals surface area contributed by atoms with Crippen LogP contribution >= 0.6 is 0 Å². The van der Waals surface area contributed by atoms with Crippen LogP contribution in [0.2, 0.25) is 0 Å². The number of rotatable bonds is 13. The van der Waals surface area contributed by atoms with Gasteiger partial charge in [0.2, 0.25) is 0 Å². The molecule has 0 bridgehead atoms. The highest BCUT2D eigenvalue weighted by molar-refractivity contribution is 5.87. The number of hydrogen-bond acceptors (Lipinski definition) is 6. The van der Waals surface area contributed by atoms with Crippen LogP contribution in [0.1, 0.15) is 48.2 Å². The lowest BCUT2D eigenvalue weighted by Gasteiger charge is -2.36. The number of ether oxygens (including phenoxy) is 3. The molecule has 0 radical (unpaired) electrons. The molecule has 0 aliphatic heterocycles. The van der Waals surface area contributed by atoms with Gasteiger partial charge in [0.05, 0.1) is 32.3 Å². The molecule has 2 rings (SSSR count). The minimum atomic E-state index is -0.918. The number of aromatic carboxylic acids is 1. The predicted molar refractivity (Wildman–Crippen MR) is 132 cm³/mol. The van der Waals surface area contributed by atoms with Gasteiger partial charge in [-0.3, -0.25) is 4.79 Å². The molecule has 0 saturated carbocycles. The third-order valence-electron chi connectivity index (χ3n) is 6.50. The molecule has 2 aromatic carbocycles. The summed E-state index contributed by atoms with van der Waals surface area (Å²) in [4.78, 5) is 26.5. The fourth-order valence-corrected chi connectivity index (χ4v) is 4.44. The minimum Gasteiger partial charge on any atom is -0.493 e. The van der Waals surface area contributed by atoms with Gasteiger partial charge in [0.15, 0.2) is 11.5 Å². The molecular weight excluding hydrogens is 434 g/mol. The smallest absolute Gasteiger partial charge is 0.335 e. The normalized spacial score (nSPS) is 12.9. The van der Waals surface area contributed by atoms with E-state index in [4.69, 9.17) is 14.2 Å². The first-order valence-electron chi connectivity index (χ1n) is 11.5. The summed E-state index contributed by atoms with van der Waals surface area (Å²) in [7, 11) is 6.63. The standard InChI is InChI=1S/C27H37NO6/c1-19(2)27(26(31)34-6,22-11-12-23(32-4)24(18-22)33-5)14-8-15-28(3)16-13-20-9-7-10-21(17-20)25(29)30/h7,9-12,17-19H,8,13-16H2,1-6H3,(H,29,30).